The number of rotatable bonds is 6. The van der Waals surface area contributed by atoms with Crippen LogP contribution in [0.1, 0.15) is 23.0 Å². The van der Waals surface area contributed by atoms with Gasteiger partial charge in [0.2, 0.25) is 0 Å². The van der Waals surface area contributed by atoms with Crippen molar-refractivity contribution in [2.45, 2.75) is 13.3 Å². The molecule has 0 aromatic carbocycles. The number of aromatic nitrogens is 3. The molecule has 0 atom stereocenters. The van der Waals surface area contributed by atoms with Gasteiger partial charge in [-0.25, -0.2) is 4.79 Å². The maximum atomic E-state index is 12.6. The van der Waals surface area contributed by atoms with Crippen molar-refractivity contribution in [3.63, 3.8) is 0 Å². The number of hydrogen-bond donors (Lipinski definition) is 0. The molecule has 3 heterocycles. The van der Waals surface area contributed by atoms with Crippen LogP contribution in [0.2, 0.25) is 0 Å². The van der Waals surface area contributed by atoms with Crippen LogP contribution in [0.3, 0.4) is 0 Å². The fraction of sp³-hybridized carbons (Fsp3) is 0.450. The Labute approximate surface area is 170 Å². The van der Waals surface area contributed by atoms with Gasteiger partial charge in [-0.2, -0.15) is 0 Å². The van der Waals surface area contributed by atoms with Crippen LogP contribution in [-0.2, 0) is 11.2 Å². The molecule has 0 unspecified atom stereocenters. The van der Waals surface area contributed by atoms with Gasteiger partial charge in [0.15, 0.2) is 11.5 Å². The van der Waals surface area contributed by atoms with Crippen LogP contribution >= 0.6 is 0 Å². The second-order valence-corrected chi connectivity index (χ2v) is 6.78. The van der Waals surface area contributed by atoms with E-state index in [-0.39, 0.29) is 12.0 Å². The maximum absolute atomic E-state index is 12.6. The second-order valence-electron chi connectivity index (χ2n) is 6.78. The standard InChI is InChI=1S/C20H26N6O3/c1-3-29-20(28)26-14-12-25(13-15-26)18-5-4-17(22-23-18)19(27)24(2)11-8-16-6-9-21-10-7-16/h4-7,9-10H,3,8,11-15H2,1-2H3. The SMILES string of the molecule is CCOC(=O)N1CCN(c2ccc(C(=O)N(C)CCc3ccncc3)nn2)CC1. The van der Waals surface area contributed by atoms with Crippen molar-refractivity contribution in [3.8, 4) is 0 Å². The molecule has 0 radical (unpaired) electrons. The van der Waals surface area contributed by atoms with Gasteiger partial charge >= 0.3 is 6.09 Å². The van der Waals surface area contributed by atoms with Gasteiger partial charge in [0.05, 0.1) is 6.61 Å². The minimum absolute atomic E-state index is 0.162. The monoisotopic (exact) mass is 398 g/mol. The quantitative estimate of drug-likeness (QED) is 0.727. The van der Waals surface area contributed by atoms with Gasteiger partial charge in [0.25, 0.3) is 5.91 Å². The summed E-state index contributed by atoms with van der Waals surface area (Å²) in [5, 5.41) is 8.33. The molecule has 2 amide bonds. The van der Waals surface area contributed by atoms with Crippen molar-refractivity contribution in [2.24, 2.45) is 0 Å². The molecule has 1 saturated heterocycles. The second kappa shape index (κ2) is 9.81. The Morgan fingerprint density at radius 1 is 1.07 bits per heavy atom. The Hall–Kier alpha value is -3.23. The van der Waals surface area contributed by atoms with Crippen LogP contribution in [0, 0.1) is 0 Å². The zero-order chi connectivity index (χ0) is 20.6. The highest BCUT2D eigenvalue weighted by Gasteiger charge is 2.23. The van der Waals surface area contributed by atoms with Gasteiger partial charge in [0.1, 0.15) is 0 Å². The first-order chi connectivity index (χ1) is 14.1. The highest BCUT2D eigenvalue weighted by molar-refractivity contribution is 5.92. The van der Waals surface area contributed by atoms with E-state index >= 15 is 0 Å². The predicted molar refractivity (Wildman–Crippen MR) is 108 cm³/mol. The van der Waals surface area contributed by atoms with E-state index < -0.39 is 0 Å². The number of carbonyl (C=O) groups excluding carboxylic acids is 2. The molecular formula is C20H26N6O3. The van der Waals surface area contributed by atoms with Gasteiger partial charge in [0, 0.05) is 52.2 Å². The Morgan fingerprint density at radius 2 is 1.79 bits per heavy atom. The zero-order valence-electron chi connectivity index (χ0n) is 16.8. The summed E-state index contributed by atoms with van der Waals surface area (Å²) in [4.78, 5) is 33.7. The number of piperazine rings is 1. The number of pyridine rings is 1. The minimum atomic E-state index is -0.283. The van der Waals surface area contributed by atoms with Crippen molar-refractivity contribution in [2.75, 3.05) is 51.3 Å². The molecule has 9 nitrogen and oxygen atoms in total. The van der Waals surface area contributed by atoms with E-state index in [2.05, 4.69) is 15.2 Å². The summed E-state index contributed by atoms with van der Waals surface area (Å²) >= 11 is 0. The lowest BCUT2D eigenvalue weighted by Gasteiger charge is -2.34. The van der Waals surface area contributed by atoms with E-state index in [9.17, 15) is 9.59 Å². The molecule has 0 aliphatic carbocycles. The number of hydrogen-bond acceptors (Lipinski definition) is 7. The summed E-state index contributed by atoms with van der Waals surface area (Å²) in [6.45, 7) is 5.18. The van der Waals surface area contributed by atoms with Gasteiger partial charge in [-0.1, -0.05) is 0 Å². The molecule has 3 rings (SSSR count). The molecule has 0 bridgehead atoms. The van der Waals surface area contributed by atoms with Gasteiger partial charge in [-0.15, -0.1) is 10.2 Å². The first kappa shape index (κ1) is 20.5. The zero-order valence-corrected chi connectivity index (χ0v) is 16.8. The Morgan fingerprint density at radius 3 is 2.41 bits per heavy atom. The summed E-state index contributed by atoms with van der Waals surface area (Å²) in [5.74, 6) is 0.537. The fourth-order valence-corrected chi connectivity index (χ4v) is 3.08. The lowest BCUT2D eigenvalue weighted by Crippen LogP contribution is -2.49. The number of likely N-dealkylation sites (N-methyl/N-ethyl adjacent to an activating group) is 1. The topological polar surface area (TPSA) is 91.8 Å². The van der Waals surface area contributed by atoms with E-state index in [1.165, 1.54) is 0 Å². The third kappa shape index (κ3) is 5.40. The number of ether oxygens (including phenoxy) is 1. The van der Waals surface area contributed by atoms with Crippen LogP contribution in [0.25, 0.3) is 0 Å². The molecule has 1 aliphatic heterocycles. The van der Waals surface area contributed by atoms with Crippen molar-refractivity contribution in [1.29, 1.82) is 0 Å². The predicted octanol–water partition coefficient (Wildman–Crippen LogP) is 1.46. The van der Waals surface area contributed by atoms with Crippen LogP contribution in [0.4, 0.5) is 10.6 Å². The van der Waals surface area contributed by atoms with E-state index in [1.54, 1.807) is 48.3 Å². The third-order valence-electron chi connectivity index (χ3n) is 4.83. The summed E-state index contributed by atoms with van der Waals surface area (Å²) < 4.78 is 5.03. The first-order valence-corrected chi connectivity index (χ1v) is 9.73. The van der Waals surface area contributed by atoms with Gasteiger partial charge < -0.3 is 19.4 Å². The third-order valence-corrected chi connectivity index (χ3v) is 4.83. The number of anilines is 1. The van der Waals surface area contributed by atoms with E-state index in [1.807, 2.05) is 17.0 Å². The molecular weight excluding hydrogens is 372 g/mol. The van der Waals surface area contributed by atoms with Crippen molar-refractivity contribution >= 4 is 17.8 Å². The molecule has 9 heteroatoms. The first-order valence-electron chi connectivity index (χ1n) is 9.73. The molecule has 0 N–H and O–H groups in total. The number of amides is 2. The average Bonchev–Trinajstić information content (AvgIpc) is 2.78. The fourth-order valence-electron chi connectivity index (χ4n) is 3.08. The lowest BCUT2D eigenvalue weighted by atomic mass is 10.2. The number of nitrogens with zero attached hydrogens (tertiary/aromatic N) is 6. The highest BCUT2D eigenvalue weighted by Crippen LogP contribution is 2.14. The lowest BCUT2D eigenvalue weighted by molar-refractivity contribution is 0.0789. The Kier molecular flexibility index (Phi) is 6.94. The van der Waals surface area contributed by atoms with Crippen molar-refractivity contribution in [3.05, 3.63) is 47.9 Å². The smallest absolute Gasteiger partial charge is 0.409 e. The normalized spacial score (nSPS) is 13.9. The molecule has 29 heavy (non-hydrogen) atoms. The van der Waals surface area contributed by atoms with Crippen LogP contribution < -0.4 is 4.90 Å². The molecule has 1 aliphatic rings. The van der Waals surface area contributed by atoms with E-state index in [4.69, 9.17) is 4.74 Å². The summed E-state index contributed by atoms with van der Waals surface area (Å²) in [7, 11) is 1.76. The Bertz CT molecular complexity index is 807. The maximum Gasteiger partial charge on any atom is 0.409 e. The summed E-state index contributed by atoms with van der Waals surface area (Å²) in [6, 6.07) is 7.38. The average molecular weight is 398 g/mol. The van der Waals surface area contributed by atoms with E-state index in [0.717, 1.165) is 12.0 Å². The minimum Gasteiger partial charge on any atom is -0.450 e. The van der Waals surface area contributed by atoms with E-state index in [0.29, 0.717) is 50.8 Å². The molecule has 154 valence electrons. The molecule has 0 saturated carbocycles. The van der Waals surface area contributed by atoms with Crippen molar-refractivity contribution < 1.29 is 14.3 Å². The number of carbonyl (C=O) groups is 2. The largest absolute Gasteiger partial charge is 0.450 e. The summed E-state index contributed by atoms with van der Waals surface area (Å²) in [5.41, 5.74) is 1.44. The Balaban J connectivity index is 1.52. The summed E-state index contributed by atoms with van der Waals surface area (Å²) in [6.07, 6.45) is 3.96. The van der Waals surface area contributed by atoms with Crippen molar-refractivity contribution in [1.82, 2.24) is 25.0 Å². The van der Waals surface area contributed by atoms with Gasteiger partial charge in [-0.05, 0) is 43.2 Å². The van der Waals surface area contributed by atoms with Gasteiger partial charge in [-0.3, -0.25) is 9.78 Å². The molecule has 2 aromatic rings. The van der Waals surface area contributed by atoms with Crippen LogP contribution in [0.5, 0.6) is 0 Å². The van der Waals surface area contributed by atoms with Crippen LogP contribution in [0.15, 0.2) is 36.7 Å². The molecule has 2 aromatic heterocycles. The highest BCUT2D eigenvalue weighted by atomic mass is 16.6. The molecule has 0 spiro atoms. The molecule has 1 fully saturated rings. The van der Waals surface area contributed by atoms with Crippen LogP contribution in [-0.4, -0.2) is 83.4 Å².